The molecule has 0 saturated carbocycles. The summed E-state index contributed by atoms with van der Waals surface area (Å²) in [5, 5.41) is 0. The molecule has 0 amide bonds. The van der Waals surface area contributed by atoms with Gasteiger partial charge < -0.3 is 4.98 Å². The van der Waals surface area contributed by atoms with Crippen molar-refractivity contribution in [1.29, 1.82) is 0 Å². The second-order valence-electron chi connectivity index (χ2n) is 4.45. The fourth-order valence-corrected chi connectivity index (χ4v) is 2.15. The summed E-state index contributed by atoms with van der Waals surface area (Å²) in [6.07, 6.45) is -3.37. The van der Waals surface area contributed by atoms with Gasteiger partial charge in [-0.15, -0.1) is 0 Å². The minimum Gasteiger partial charge on any atom is -0.309 e. The molecular formula is C13H9F3N4O. The van der Waals surface area contributed by atoms with E-state index in [1.54, 1.807) is 6.92 Å². The Hall–Kier alpha value is -2.64. The van der Waals surface area contributed by atoms with Gasteiger partial charge in [0, 0.05) is 0 Å². The van der Waals surface area contributed by atoms with Gasteiger partial charge in [-0.25, -0.2) is 9.97 Å². The predicted molar refractivity (Wildman–Crippen MR) is 69.2 cm³/mol. The Labute approximate surface area is 116 Å². The molecular weight excluding hydrogens is 285 g/mol. The van der Waals surface area contributed by atoms with Gasteiger partial charge in [0.25, 0.3) is 5.56 Å². The summed E-state index contributed by atoms with van der Waals surface area (Å²) in [5.74, 6) is 0.349. The van der Waals surface area contributed by atoms with E-state index in [-0.39, 0.29) is 16.9 Å². The van der Waals surface area contributed by atoms with Gasteiger partial charge in [0.15, 0.2) is 11.2 Å². The molecule has 0 aliphatic carbocycles. The molecule has 0 atom stereocenters. The van der Waals surface area contributed by atoms with Crippen molar-refractivity contribution in [1.82, 2.24) is 19.5 Å². The number of H-pyrrole nitrogens is 1. The van der Waals surface area contributed by atoms with Crippen molar-refractivity contribution in [2.75, 3.05) is 0 Å². The van der Waals surface area contributed by atoms with Crippen molar-refractivity contribution < 1.29 is 13.2 Å². The van der Waals surface area contributed by atoms with Gasteiger partial charge in [0.05, 0.1) is 11.3 Å². The molecule has 8 heteroatoms. The van der Waals surface area contributed by atoms with Gasteiger partial charge in [-0.05, 0) is 19.1 Å². The van der Waals surface area contributed by atoms with Crippen LogP contribution in [0.3, 0.4) is 0 Å². The molecule has 0 bridgehead atoms. The number of nitrogens with zero attached hydrogens (tertiary/aromatic N) is 3. The first-order valence-corrected chi connectivity index (χ1v) is 5.98. The number of benzene rings is 1. The van der Waals surface area contributed by atoms with Gasteiger partial charge >= 0.3 is 6.18 Å². The van der Waals surface area contributed by atoms with Gasteiger partial charge in [-0.2, -0.15) is 13.2 Å². The number of imidazole rings is 1. The van der Waals surface area contributed by atoms with E-state index >= 15 is 0 Å². The van der Waals surface area contributed by atoms with Gasteiger partial charge in [0.1, 0.15) is 12.2 Å². The van der Waals surface area contributed by atoms with Crippen LogP contribution in [0.1, 0.15) is 11.4 Å². The number of hydrogen-bond donors (Lipinski definition) is 1. The second-order valence-corrected chi connectivity index (χ2v) is 4.45. The van der Waals surface area contributed by atoms with Crippen LogP contribution in [0.15, 0.2) is 35.4 Å². The van der Waals surface area contributed by atoms with Crippen LogP contribution in [-0.4, -0.2) is 19.5 Å². The van der Waals surface area contributed by atoms with Gasteiger partial charge in [-0.1, -0.05) is 12.1 Å². The summed E-state index contributed by atoms with van der Waals surface area (Å²) in [6.45, 7) is 1.57. The van der Waals surface area contributed by atoms with E-state index in [2.05, 4.69) is 15.0 Å². The molecule has 3 aromatic rings. The molecule has 0 spiro atoms. The van der Waals surface area contributed by atoms with Crippen molar-refractivity contribution >= 4 is 11.2 Å². The maximum absolute atomic E-state index is 13.1. The topological polar surface area (TPSA) is 63.6 Å². The standard InChI is InChI=1S/C13H9F3N4O/c1-7-18-11-10(12(21)19-7)20(6-17-11)9-5-3-2-4-8(9)13(14,15)16/h2-6H,1H3,(H,18,19,21). The van der Waals surface area contributed by atoms with Crippen molar-refractivity contribution in [3.05, 3.63) is 52.3 Å². The number of halogens is 3. The van der Waals surface area contributed by atoms with Crippen LogP contribution in [0.25, 0.3) is 16.9 Å². The average molecular weight is 294 g/mol. The lowest BCUT2D eigenvalue weighted by molar-refractivity contribution is -0.137. The Morgan fingerprint density at radius 1 is 1.24 bits per heavy atom. The number of para-hydroxylation sites is 1. The van der Waals surface area contributed by atoms with Crippen molar-refractivity contribution in [2.24, 2.45) is 0 Å². The maximum atomic E-state index is 13.1. The molecule has 2 heterocycles. The number of hydrogen-bond acceptors (Lipinski definition) is 3. The highest BCUT2D eigenvalue weighted by Gasteiger charge is 2.34. The zero-order valence-electron chi connectivity index (χ0n) is 10.8. The van der Waals surface area contributed by atoms with Crippen LogP contribution < -0.4 is 5.56 Å². The number of fused-ring (bicyclic) bond motifs is 1. The first-order chi connectivity index (χ1) is 9.88. The highest BCUT2D eigenvalue weighted by Crippen LogP contribution is 2.34. The SMILES string of the molecule is Cc1nc2ncn(-c3ccccc3C(F)(F)F)c2c(=O)[nH]1. The smallest absolute Gasteiger partial charge is 0.309 e. The number of aromatic amines is 1. The zero-order chi connectivity index (χ0) is 15.2. The summed E-state index contributed by atoms with van der Waals surface area (Å²) in [4.78, 5) is 22.3. The van der Waals surface area contributed by atoms with E-state index in [1.807, 2.05) is 0 Å². The molecule has 0 unspecified atom stereocenters. The Balaban J connectivity index is 2.35. The highest BCUT2D eigenvalue weighted by molar-refractivity contribution is 5.72. The summed E-state index contributed by atoms with van der Waals surface area (Å²) in [7, 11) is 0. The molecule has 0 fully saturated rings. The third-order valence-electron chi connectivity index (χ3n) is 3.00. The van der Waals surface area contributed by atoms with Crippen molar-refractivity contribution in [3.63, 3.8) is 0 Å². The van der Waals surface area contributed by atoms with Crippen LogP contribution >= 0.6 is 0 Å². The van der Waals surface area contributed by atoms with Crippen molar-refractivity contribution in [2.45, 2.75) is 13.1 Å². The minimum atomic E-state index is -4.53. The van der Waals surface area contributed by atoms with E-state index in [9.17, 15) is 18.0 Å². The number of aryl methyl sites for hydroxylation is 1. The summed E-state index contributed by atoms with van der Waals surface area (Å²) in [6, 6.07) is 4.99. The average Bonchev–Trinajstić information content (AvgIpc) is 2.81. The third-order valence-corrected chi connectivity index (χ3v) is 3.00. The lowest BCUT2D eigenvalue weighted by Gasteiger charge is -2.13. The summed E-state index contributed by atoms with van der Waals surface area (Å²) in [5.41, 5.74) is -1.45. The predicted octanol–water partition coefficient (Wildman–Crippen LogP) is 2.44. The van der Waals surface area contributed by atoms with E-state index in [0.717, 1.165) is 17.0 Å². The molecule has 0 aliphatic heterocycles. The normalized spacial score (nSPS) is 12.0. The zero-order valence-corrected chi connectivity index (χ0v) is 10.8. The van der Waals surface area contributed by atoms with E-state index in [1.165, 1.54) is 18.2 Å². The van der Waals surface area contributed by atoms with E-state index in [4.69, 9.17) is 0 Å². The second kappa shape index (κ2) is 4.44. The monoisotopic (exact) mass is 294 g/mol. The van der Waals surface area contributed by atoms with Crippen LogP contribution in [0, 0.1) is 6.92 Å². The Bertz CT molecular complexity index is 879. The van der Waals surface area contributed by atoms with Crippen LogP contribution in [0.2, 0.25) is 0 Å². The summed E-state index contributed by atoms with van der Waals surface area (Å²) < 4.78 is 40.3. The quantitative estimate of drug-likeness (QED) is 0.749. The molecule has 5 nitrogen and oxygen atoms in total. The van der Waals surface area contributed by atoms with Crippen molar-refractivity contribution in [3.8, 4) is 5.69 Å². The summed E-state index contributed by atoms with van der Waals surface area (Å²) >= 11 is 0. The van der Waals surface area contributed by atoms with Crippen LogP contribution in [0.4, 0.5) is 13.2 Å². The lowest BCUT2D eigenvalue weighted by atomic mass is 10.1. The van der Waals surface area contributed by atoms with Crippen LogP contribution in [0.5, 0.6) is 0 Å². The highest BCUT2D eigenvalue weighted by atomic mass is 19.4. The molecule has 0 aliphatic rings. The number of aromatic nitrogens is 4. The fourth-order valence-electron chi connectivity index (χ4n) is 2.15. The minimum absolute atomic E-state index is 0.0164. The third kappa shape index (κ3) is 2.18. The molecule has 1 aromatic carbocycles. The number of alkyl halides is 3. The first kappa shape index (κ1) is 13.3. The van der Waals surface area contributed by atoms with Gasteiger partial charge in [-0.3, -0.25) is 9.36 Å². The molecule has 21 heavy (non-hydrogen) atoms. The largest absolute Gasteiger partial charge is 0.418 e. The molecule has 2 aromatic heterocycles. The lowest BCUT2D eigenvalue weighted by Crippen LogP contribution is -2.15. The molecule has 0 radical (unpaired) electrons. The van der Waals surface area contributed by atoms with Crippen LogP contribution in [-0.2, 0) is 6.18 Å². The first-order valence-electron chi connectivity index (χ1n) is 5.98. The molecule has 108 valence electrons. The van der Waals surface area contributed by atoms with E-state index in [0.29, 0.717) is 5.82 Å². The van der Waals surface area contributed by atoms with E-state index < -0.39 is 17.3 Å². The molecule has 0 saturated heterocycles. The Kier molecular flexibility index (Phi) is 2.82. The fraction of sp³-hybridized carbons (Fsp3) is 0.154. The molecule has 1 N–H and O–H groups in total. The Morgan fingerprint density at radius 2 is 1.95 bits per heavy atom. The molecule has 3 rings (SSSR count). The Morgan fingerprint density at radius 3 is 2.67 bits per heavy atom. The number of rotatable bonds is 1. The van der Waals surface area contributed by atoms with Gasteiger partial charge in [0.2, 0.25) is 0 Å². The number of nitrogens with one attached hydrogen (secondary N) is 1. The maximum Gasteiger partial charge on any atom is 0.418 e.